The Morgan fingerprint density at radius 2 is 2.05 bits per heavy atom. The second-order valence-corrected chi connectivity index (χ2v) is 6.96. The van der Waals surface area contributed by atoms with Gasteiger partial charge in [0, 0.05) is 17.0 Å². The lowest BCUT2D eigenvalue weighted by Crippen LogP contribution is -2.56. The zero-order valence-corrected chi connectivity index (χ0v) is 14.0. The zero-order valence-electron chi connectivity index (χ0n) is 13.3. The molecule has 2 N–H and O–H groups in total. The Balaban J connectivity index is 2.08. The molecule has 2 rings (SSSR count). The summed E-state index contributed by atoms with van der Waals surface area (Å²) in [4.78, 5) is 23.7. The molecule has 0 unspecified atom stereocenters. The van der Waals surface area contributed by atoms with Crippen molar-refractivity contribution >= 4 is 23.4 Å². The molecule has 2 amide bonds. The summed E-state index contributed by atoms with van der Waals surface area (Å²) in [7, 11) is 0. The summed E-state index contributed by atoms with van der Waals surface area (Å²) in [5, 5.41) is 6.55. The molecule has 2 atom stereocenters. The SMILES string of the molecule is CC(C)[C@@](C)(Cc1ccc(Cl)cc1)NC(=O)[C@H]1CCC(=O)N1. The fraction of sp³-hybridized carbons (Fsp3) is 0.529. The number of hydrogen-bond acceptors (Lipinski definition) is 2. The van der Waals surface area contributed by atoms with Crippen LogP contribution < -0.4 is 10.6 Å². The van der Waals surface area contributed by atoms with E-state index in [0.717, 1.165) is 5.56 Å². The van der Waals surface area contributed by atoms with Gasteiger partial charge in [-0.15, -0.1) is 0 Å². The molecule has 1 aliphatic rings. The van der Waals surface area contributed by atoms with E-state index in [9.17, 15) is 9.59 Å². The summed E-state index contributed by atoms with van der Waals surface area (Å²) in [5.41, 5.74) is 0.745. The van der Waals surface area contributed by atoms with Crippen molar-refractivity contribution in [1.29, 1.82) is 0 Å². The average Bonchev–Trinajstić information content (AvgIpc) is 2.88. The third kappa shape index (κ3) is 4.01. The van der Waals surface area contributed by atoms with Crippen LogP contribution in [0, 0.1) is 5.92 Å². The Morgan fingerprint density at radius 1 is 1.41 bits per heavy atom. The Kier molecular flexibility index (Phi) is 5.12. The predicted octanol–water partition coefficient (Wildman–Crippen LogP) is 2.69. The molecule has 0 aliphatic carbocycles. The first kappa shape index (κ1) is 16.8. The van der Waals surface area contributed by atoms with Gasteiger partial charge in [-0.3, -0.25) is 9.59 Å². The van der Waals surface area contributed by atoms with Gasteiger partial charge in [0.15, 0.2) is 0 Å². The van der Waals surface area contributed by atoms with Crippen LogP contribution in [0.15, 0.2) is 24.3 Å². The first-order valence-corrected chi connectivity index (χ1v) is 8.04. The van der Waals surface area contributed by atoms with Gasteiger partial charge in [0.2, 0.25) is 11.8 Å². The van der Waals surface area contributed by atoms with Crippen LogP contribution in [0.5, 0.6) is 0 Å². The molecule has 4 nitrogen and oxygen atoms in total. The van der Waals surface area contributed by atoms with Crippen LogP contribution in [-0.4, -0.2) is 23.4 Å². The van der Waals surface area contributed by atoms with Crippen LogP contribution in [0.4, 0.5) is 0 Å². The molecule has 1 saturated heterocycles. The molecule has 5 heteroatoms. The van der Waals surface area contributed by atoms with Crippen LogP contribution in [0.2, 0.25) is 5.02 Å². The van der Waals surface area contributed by atoms with E-state index in [1.165, 1.54) is 0 Å². The highest BCUT2D eigenvalue weighted by Crippen LogP contribution is 2.24. The van der Waals surface area contributed by atoms with Crippen LogP contribution in [0.1, 0.15) is 39.2 Å². The summed E-state index contributed by atoms with van der Waals surface area (Å²) >= 11 is 5.92. The molecule has 1 aliphatic heterocycles. The number of carbonyl (C=O) groups is 2. The Hall–Kier alpha value is -1.55. The number of carbonyl (C=O) groups excluding carboxylic acids is 2. The van der Waals surface area contributed by atoms with E-state index in [1.54, 1.807) is 0 Å². The second kappa shape index (κ2) is 6.69. The van der Waals surface area contributed by atoms with Crippen LogP contribution in [-0.2, 0) is 16.0 Å². The van der Waals surface area contributed by atoms with Crippen molar-refractivity contribution in [3.8, 4) is 0 Å². The highest BCUT2D eigenvalue weighted by Gasteiger charge is 2.35. The van der Waals surface area contributed by atoms with Gasteiger partial charge in [0.25, 0.3) is 0 Å². The van der Waals surface area contributed by atoms with Gasteiger partial charge < -0.3 is 10.6 Å². The topological polar surface area (TPSA) is 58.2 Å². The lowest BCUT2D eigenvalue weighted by atomic mass is 9.82. The minimum absolute atomic E-state index is 0.0518. The fourth-order valence-electron chi connectivity index (χ4n) is 2.60. The van der Waals surface area contributed by atoms with Crippen LogP contribution in [0.25, 0.3) is 0 Å². The quantitative estimate of drug-likeness (QED) is 0.875. The Bertz CT molecular complexity index is 556. The highest BCUT2D eigenvalue weighted by atomic mass is 35.5. The van der Waals surface area contributed by atoms with E-state index >= 15 is 0 Å². The molecule has 22 heavy (non-hydrogen) atoms. The second-order valence-electron chi connectivity index (χ2n) is 6.52. The van der Waals surface area contributed by atoms with Crippen molar-refractivity contribution in [2.24, 2.45) is 5.92 Å². The van der Waals surface area contributed by atoms with E-state index in [4.69, 9.17) is 11.6 Å². The van der Waals surface area contributed by atoms with Crippen molar-refractivity contribution in [3.05, 3.63) is 34.9 Å². The number of halogens is 1. The summed E-state index contributed by atoms with van der Waals surface area (Å²) in [6.45, 7) is 6.22. The minimum Gasteiger partial charge on any atom is -0.349 e. The van der Waals surface area contributed by atoms with Gasteiger partial charge in [-0.05, 0) is 43.4 Å². The Morgan fingerprint density at radius 3 is 2.55 bits per heavy atom. The van der Waals surface area contributed by atoms with Crippen molar-refractivity contribution in [2.75, 3.05) is 0 Å². The van der Waals surface area contributed by atoms with Gasteiger partial charge in [-0.25, -0.2) is 0 Å². The molecule has 120 valence electrons. The van der Waals surface area contributed by atoms with Gasteiger partial charge >= 0.3 is 0 Å². The van der Waals surface area contributed by atoms with Gasteiger partial charge in [0.1, 0.15) is 6.04 Å². The van der Waals surface area contributed by atoms with E-state index in [0.29, 0.717) is 24.3 Å². The number of rotatable bonds is 5. The molecule has 0 spiro atoms. The number of hydrogen-bond donors (Lipinski definition) is 2. The molecule has 0 bridgehead atoms. The number of nitrogens with one attached hydrogen (secondary N) is 2. The lowest BCUT2D eigenvalue weighted by molar-refractivity contribution is -0.127. The van der Waals surface area contributed by atoms with Crippen molar-refractivity contribution < 1.29 is 9.59 Å². The zero-order chi connectivity index (χ0) is 16.3. The molecule has 1 aromatic rings. The molecule has 1 aromatic carbocycles. The van der Waals surface area contributed by atoms with Crippen molar-refractivity contribution in [2.45, 2.75) is 51.6 Å². The monoisotopic (exact) mass is 322 g/mol. The summed E-state index contributed by atoms with van der Waals surface area (Å²) < 4.78 is 0. The van der Waals surface area contributed by atoms with Crippen molar-refractivity contribution in [1.82, 2.24) is 10.6 Å². The van der Waals surface area contributed by atoms with Crippen molar-refractivity contribution in [3.63, 3.8) is 0 Å². The molecule has 0 aromatic heterocycles. The molecule has 0 radical (unpaired) electrons. The van der Waals surface area contributed by atoms with Gasteiger partial charge in [-0.1, -0.05) is 37.6 Å². The summed E-state index contributed by atoms with van der Waals surface area (Å²) in [6, 6.07) is 7.27. The third-order valence-corrected chi connectivity index (χ3v) is 4.73. The maximum Gasteiger partial charge on any atom is 0.243 e. The van der Waals surface area contributed by atoms with E-state index in [1.807, 2.05) is 31.2 Å². The maximum absolute atomic E-state index is 12.4. The minimum atomic E-state index is -0.407. The first-order chi connectivity index (χ1) is 10.3. The molecular formula is C17H23ClN2O2. The molecule has 1 fully saturated rings. The third-order valence-electron chi connectivity index (χ3n) is 4.48. The van der Waals surface area contributed by atoms with E-state index < -0.39 is 6.04 Å². The van der Waals surface area contributed by atoms with E-state index in [2.05, 4.69) is 24.5 Å². The maximum atomic E-state index is 12.4. The molecular weight excluding hydrogens is 300 g/mol. The van der Waals surface area contributed by atoms with Gasteiger partial charge in [-0.2, -0.15) is 0 Å². The number of amides is 2. The molecule has 0 saturated carbocycles. The number of benzene rings is 1. The highest BCUT2D eigenvalue weighted by molar-refractivity contribution is 6.30. The first-order valence-electron chi connectivity index (χ1n) is 7.66. The van der Waals surface area contributed by atoms with Crippen LogP contribution >= 0.6 is 11.6 Å². The largest absolute Gasteiger partial charge is 0.349 e. The standard InChI is InChI=1S/C17H23ClN2O2/c1-11(2)17(3,10-12-4-6-13(18)7-5-12)20-16(22)14-8-9-15(21)19-14/h4-7,11,14H,8-10H2,1-3H3,(H,19,21)(H,20,22)/t14-,17-/m1/s1. The summed E-state index contributed by atoms with van der Waals surface area (Å²) in [6.07, 6.45) is 1.71. The smallest absolute Gasteiger partial charge is 0.243 e. The Labute approximate surface area is 136 Å². The van der Waals surface area contributed by atoms with Gasteiger partial charge in [0.05, 0.1) is 0 Å². The fourth-order valence-corrected chi connectivity index (χ4v) is 2.72. The summed E-state index contributed by atoms with van der Waals surface area (Å²) in [5.74, 6) is 0.101. The molecule has 1 heterocycles. The average molecular weight is 323 g/mol. The lowest BCUT2D eigenvalue weighted by Gasteiger charge is -2.36. The van der Waals surface area contributed by atoms with Crippen LogP contribution in [0.3, 0.4) is 0 Å². The normalized spacial score (nSPS) is 20.6. The predicted molar refractivity (Wildman–Crippen MR) is 87.7 cm³/mol. The van der Waals surface area contributed by atoms with E-state index in [-0.39, 0.29) is 23.3 Å².